The molecule has 3 rings (SSSR count). The Morgan fingerprint density at radius 3 is 2.26 bits per heavy atom. The highest BCUT2D eigenvalue weighted by Crippen LogP contribution is 2.35. The smallest absolute Gasteiger partial charge is 0.338 e. The summed E-state index contributed by atoms with van der Waals surface area (Å²) < 4.78 is 7.20. The SMILES string of the molecule is C=Cc1c(/C=C\C)c(-c2ccc(C(=O)OCC)cc2)cn1Sc1ccccc1.CCC. The van der Waals surface area contributed by atoms with E-state index in [-0.39, 0.29) is 5.97 Å². The Morgan fingerprint density at radius 1 is 1.06 bits per heavy atom. The van der Waals surface area contributed by atoms with Crippen LogP contribution in [0.3, 0.4) is 0 Å². The largest absolute Gasteiger partial charge is 0.462 e. The van der Waals surface area contributed by atoms with Gasteiger partial charge in [0.15, 0.2) is 0 Å². The molecule has 0 spiro atoms. The van der Waals surface area contributed by atoms with Crippen molar-refractivity contribution < 1.29 is 9.53 Å². The van der Waals surface area contributed by atoms with E-state index < -0.39 is 0 Å². The molecule has 0 amide bonds. The van der Waals surface area contributed by atoms with E-state index in [1.165, 1.54) is 6.42 Å². The van der Waals surface area contributed by atoms with Crippen LogP contribution in [0.1, 0.15) is 55.7 Å². The highest BCUT2D eigenvalue weighted by Gasteiger charge is 2.15. The molecule has 162 valence electrons. The van der Waals surface area contributed by atoms with Crippen LogP contribution in [0.5, 0.6) is 0 Å². The summed E-state index contributed by atoms with van der Waals surface area (Å²) >= 11 is 1.65. The van der Waals surface area contributed by atoms with Crippen molar-refractivity contribution in [3.8, 4) is 11.1 Å². The van der Waals surface area contributed by atoms with Crippen LogP contribution in [-0.4, -0.2) is 16.5 Å². The summed E-state index contributed by atoms with van der Waals surface area (Å²) in [5.41, 5.74) is 4.82. The molecule has 0 N–H and O–H groups in total. The third-order valence-corrected chi connectivity index (χ3v) is 5.21. The lowest BCUT2D eigenvalue weighted by molar-refractivity contribution is 0.0526. The minimum Gasteiger partial charge on any atom is -0.462 e. The van der Waals surface area contributed by atoms with Gasteiger partial charge in [-0.3, -0.25) is 3.97 Å². The highest BCUT2D eigenvalue weighted by atomic mass is 32.2. The molecule has 4 heteroatoms. The lowest BCUT2D eigenvalue weighted by atomic mass is 10.0. The molecule has 0 fully saturated rings. The molecule has 3 nitrogen and oxygen atoms in total. The molecule has 31 heavy (non-hydrogen) atoms. The number of hydrogen-bond acceptors (Lipinski definition) is 3. The van der Waals surface area contributed by atoms with Crippen LogP contribution in [0.15, 0.2) is 78.3 Å². The third kappa shape index (κ3) is 6.50. The van der Waals surface area contributed by atoms with E-state index in [0.29, 0.717) is 12.2 Å². The first kappa shape index (κ1) is 24.3. The van der Waals surface area contributed by atoms with Gasteiger partial charge in [0.1, 0.15) is 0 Å². The number of hydrogen-bond donors (Lipinski definition) is 0. The van der Waals surface area contributed by atoms with Crippen molar-refractivity contribution >= 4 is 30.1 Å². The Bertz CT molecular complexity index is 1000. The van der Waals surface area contributed by atoms with E-state index >= 15 is 0 Å². The normalized spacial score (nSPS) is 10.5. The molecule has 0 aliphatic carbocycles. The standard InChI is InChI=1S/C24H23NO2S.C3H8/c1-4-10-21-22(18-13-15-19(16-14-18)24(26)27-6-3)17-25(23(21)5-2)28-20-11-8-7-9-12-20;1-3-2/h4-5,7-17H,2,6H2,1,3H3;3H2,1-2H3/b10-4-;. The predicted octanol–water partition coefficient (Wildman–Crippen LogP) is 7.98. The van der Waals surface area contributed by atoms with E-state index in [2.05, 4.69) is 48.8 Å². The maximum Gasteiger partial charge on any atom is 0.338 e. The highest BCUT2D eigenvalue weighted by molar-refractivity contribution is 7.97. The molecule has 2 aromatic carbocycles. The first-order chi connectivity index (χ1) is 15.1. The minimum absolute atomic E-state index is 0.299. The zero-order valence-electron chi connectivity index (χ0n) is 18.8. The third-order valence-electron chi connectivity index (χ3n) is 4.23. The van der Waals surface area contributed by atoms with Crippen molar-refractivity contribution in [1.29, 1.82) is 0 Å². The van der Waals surface area contributed by atoms with E-state index in [1.54, 1.807) is 18.9 Å². The maximum absolute atomic E-state index is 11.9. The molecule has 0 saturated heterocycles. The van der Waals surface area contributed by atoms with Gasteiger partial charge in [-0.1, -0.05) is 69.3 Å². The second-order valence-corrected chi connectivity index (χ2v) is 7.83. The Labute approximate surface area is 190 Å². The lowest BCUT2D eigenvalue weighted by Crippen LogP contribution is -2.03. The van der Waals surface area contributed by atoms with Crippen LogP contribution in [-0.2, 0) is 4.74 Å². The summed E-state index contributed by atoms with van der Waals surface area (Å²) in [6.45, 7) is 12.4. The summed E-state index contributed by atoms with van der Waals surface area (Å²) in [6, 6.07) is 17.8. The van der Waals surface area contributed by atoms with Crippen LogP contribution in [0.2, 0.25) is 0 Å². The topological polar surface area (TPSA) is 31.2 Å². The second kappa shape index (κ2) is 12.7. The minimum atomic E-state index is -0.299. The monoisotopic (exact) mass is 433 g/mol. The number of nitrogens with zero attached hydrogens (tertiary/aromatic N) is 1. The average molecular weight is 434 g/mol. The maximum atomic E-state index is 11.9. The van der Waals surface area contributed by atoms with Gasteiger partial charge in [-0.2, -0.15) is 0 Å². The quantitative estimate of drug-likeness (QED) is 0.354. The number of esters is 1. The number of benzene rings is 2. The molecule has 0 bridgehead atoms. The number of carbonyl (C=O) groups is 1. The molecule has 0 atom stereocenters. The van der Waals surface area contributed by atoms with E-state index in [4.69, 9.17) is 4.74 Å². The van der Waals surface area contributed by atoms with Crippen molar-refractivity contribution in [2.45, 2.75) is 39.0 Å². The van der Waals surface area contributed by atoms with Crippen LogP contribution < -0.4 is 0 Å². The Kier molecular flexibility index (Phi) is 9.92. The molecule has 0 saturated carbocycles. The summed E-state index contributed by atoms with van der Waals surface area (Å²) in [5.74, 6) is -0.299. The summed E-state index contributed by atoms with van der Waals surface area (Å²) in [5, 5.41) is 0. The molecule has 0 unspecified atom stereocenters. The van der Waals surface area contributed by atoms with Crippen LogP contribution in [0.4, 0.5) is 0 Å². The van der Waals surface area contributed by atoms with Crippen molar-refractivity contribution in [2.75, 3.05) is 6.61 Å². The van der Waals surface area contributed by atoms with Gasteiger partial charge in [-0.25, -0.2) is 4.79 Å². The van der Waals surface area contributed by atoms with Gasteiger partial charge in [-0.05, 0) is 61.7 Å². The molecule has 0 radical (unpaired) electrons. The van der Waals surface area contributed by atoms with Gasteiger partial charge in [-0.15, -0.1) is 0 Å². The zero-order valence-corrected chi connectivity index (χ0v) is 19.6. The number of rotatable bonds is 7. The fraction of sp³-hybridized carbons (Fsp3) is 0.222. The van der Waals surface area contributed by atoms with E-state index in [9.17, 15) is 4.79 Å². The first-order valence-corrected chi connectivity index (χ1v) is 11.4. The zero-order chi connectivity index (χ0) is 22.6. The van der Waals surface area contributed by atoms with Gasteiger partial charge in [0.2, 0.25) is 0 Å². The van der Waals surface area contributed by atoms with Crippen LogP contribution in [0.25, 0.3) is 23.3 Å². The van der Waals surface area contributed by atoms with Crippen molar-refractivity contribution in [3.63, 3.8) is 0 Å². The van der Waals surface area contributed by atoms with Crippen LogP contribution in [0, 0.1) is 0 Å². The number of carbonyl (C=O) groups excluding carboxylic acids is 1. The molecule has 0 aliphatic rings. The van der Waals surface area contributed by atoms with Gasteiger partial charge < -0.3 is 4.74 Å². The van der Waals surface area contributed by atoms with E-state index in [1.807, 2.05) is 61.5 Å². The number of ether oxygens (including phenoxy) is 1. The molecular formula is C27H31NO2S. The molecule has 0 aliphatic heterocycles. The molecular weight excluding hydrogens is 402 g/mol. The van der Waals surface area contributed by atoms with Crippen LogP contribution >= 0.6 is 11.9 Å². The van der Waals surface area contributed by atoms with Crippen molar-refractivity contribution in [3.05, 3.63) is 90.3 Å². The summed E-state index contributed by atoms with van der Waals surface area (Å²) in [4.78, 5) is 13.1. The molecule has 3 aromatic rings. The predicted molar refractivity (Wildman–Crippen MR) is 134 cm³/mol. The van der Waals surface area contributed by atoms with Crippen molar-refractivity contribution in [1.82, 2.24) is 3.97 Å². The van der Waals surface area contributed by atoms with Gasteiger partial charge in [0, 0.05) is 22.2 Å². The first-order valence-electron chi connectivity index (χ1n) is 10.6. The van der Waals surface area contributed by atoms with Gasteiger partial charge in [0.25, 0.3) is 0 Å². The van der Waals surface area contributed by atoms with Gasteiger partial charge in [0.05, 0.1) is 17.9 Å². The Morgan fingerprint density at radius 2 is 1.71 bits per heavy atom. The molecule has 1 heterocycles. The number of allylic oxidation sites excluding steroid dienone is 1. The van der Waals surface area contributed by atoms with Gasteiger partial charge >= 0.3 is 5.97 Å². The average Bonchev–Trinajstić information content (AvgIpc) is 3.12. The molecule has 1 aromatic heterocycles. The number of aromatic nitrogens is 1. The fourth-order valence-corrected chi connectivity index (χ4v) is 3.89. The lowest BCUT2D eigenvalue weighted by Gasteiger charge is -2.05. The Hall–Kier alpha value is -2.98. The Balaban J connectivity index is 0.00000107. The second-order valence-electron chi connectivity index (χ2n) is 6.78. The summed E-state index contributed by atoms with van der Waals surface area (Å²) in [7, 11) is 0. The summed E-state index contributed by atoms with van der Waals surface area (Å²) in [6.07, 6.45) is 9.36. The fourth-order valence-electron chi connectivity index (χ4n) is 2.96. The van der Waals surface area contributed by atoms with Crippen molar-refractivity contribution in [2.24, 2.45) is 0 Å². The van der Waals surface area contributed by atoms with E-state index in [0.717, 1.165) is 27.3 Å².